The third kappa shape index (κ3) is 3.32. The van der Waals surface area contributed by atoms with Crippen LogP contribution in [0.1, 0.15) is 39.5 Å². The zero-order valence-corrected chi connectivity index (χ0v) is 12.8. The van der Waals surface area contributed by atoms with Gasteiger partial charge in [0, 0.05) is 6.07 Å². The molecule has 2 amide bonds. The van der Waals surface area contributed by atoms with Crippen molar-refractivity contribution < 1.29 is 14.1 Å². The van der Waals surface area contributed by atoms with E-state index < -0.39 is 11.8 Å². The molecule has 1 atom stereocenters. The molecule has 0 radical (unpaired) electrons. The molecule has 0 fully saturated rings. The topological polar surface area (TPSA) is 113 Å². The molecule has 122 valence electrons. The zero-order valence-electron chi connectivity index (χ0n) is 12.8. The van der Waals surface area contributed by atoms with Gasteiger partial charge in [-0.1, -0.05) is 35.5 Å². The van der Waals surface area contributed by atoms with Crippen molar-refractivity contribution in [3.8, 4) is 0 Å². The van der Waals surface area contributed by atoms with Gasteiger partial charge in [0.25, 0.3) is 11.8 Å². The summed E-state index contributed by atoms with van der Waals surface area (Å²) in [5, 5.41) is 8.91. The number of imidazole rings is 1. The van der Waals surface area contributed by atoms with E-state index in [1.54, 1.807) is 0 Å². The van der Waals surface area contributed by atoms with E-state index in [-0.39, 0.29) is 23.2 Å². The van der Waals surface area contributed by atoms with E-state index in [0.29, 0.717) is 0 Å². The SMILES string of the molecule is C[C@@H](NC(=O)c1[nH]cnc1C(=O)Nc1ccon1)c1ccccc1. The van der Waals surface area contributed by atoms with E-state index in [9.17, 15) is 9.59 Å². The molecule has 0 unspecified atom stereocenters. The van der Waals surface area contributed by atoms with Gasteiger partial charge < -0.3 is 20.1 Å². The molecule has 3 aromatic rings. The first-order chi connectivity index (χ1) is 11.6. The molecule has 0 aliphatic heterocycles. The monoisotopic (exact) mass is 325 g/mol. The van der Waals surface area contributed by atoms with Crippen molar-refractivity contribution in [3.63, 3.8) is 0 Å². The highest BCUT2D eigenvalue weighted by atomic mass is 16.5. The highest BCUT2D eigenvalue weighted by Crippen LogP contribution is 2.13. The lowest BCUT2D eigenvalue weighted by Crippen LogP contribution is -2.29. The third-order valence-corrected chi connectivity index (χ3v) is 3.41. The molecule has 2 aromatic heterocycles. The second kappa shape index (κ2) is 6.78. The molecule has 0 saturated carbocycles. The molecule has 2 heterocycles. The van der Waals surface area contributed by atoms with Crippen LogP contribution in [0.3, 0.4) is 0 Å². The second-order valence-electron chi connectivity index (χ2n) is 5.07. The minimum absolute atomic E-state index is 0.0178. The van der Waals surface area contributed by atoms with Crippen LogP contribution in [0.2, 0.25) is 0 Å². The zero-order chi connectivity index (χ0) is 16.9. The minimum Gasteiger partial charge on any atom is -0.363 e. The fourth-order valence-corrected chi connectivity index (χ4v) is 2.19. The van der Waals surface area contributed by atoms with Gasteiger partial charge >= 0.3 is 0 Å². The van der Waals surface area contributed by atoms with Crippen molar-refractivity contribution >= 4 is 17.6 Å². The van der Waals surface area contributed by atoms with Gasteiger partial charge in [0.2, 0.25) is 0 Å². The number of nitrogens with zero attached hydrogens (tertiary/aromatic N) is 2. The van der Waals surface area contributed by atoms with E-state index in [4.69, 9.17) is 0 Å². The Hall–Kier alpha value is -3.42. The smallest absolute Gasteiger partial charge is 0.277 e. The summed E-state index contributed by atoms with van der Waals surface area (Å²) in [6, 6.07) is 10.8. The number of carbonyl (C=O) groups excluding carboxylic acids is 2. The number of aromatic amines is 1. The number of hydrogen-bond donors (Lipinski definition) is 3. The molecule has 0 spiro atoms. The minimum atomic E-state index is -0.553. The van der Waals surface area contributed by atoms with Crippen LogP contribution in [0.4, 0.5) is 5.82 Å². The highest BCUT2D eigenvalue weighted by molar-refractivity contribution is 6.09. The van der Waals surface area contributed by atoms with Crippen molar-refractivity contribution in [1.82, 2.24) is 20.4 Å². The van der Waals surface area contributed by atoms with Gasteiger partial charge in [-0.25, -0.2) is 4.98 Å². The average Bonchev–Trinajstić information content (AvgIpc) is 3.27. The Morgan fingerprint density at radius 1 is 1.17 bits per heavy atom. The normalized spacial score (nSPS) is 11.7. The Kier molecular flexibility index (Phi) is 4.37. The van der Waals surface area contributed by atoms with E-state index in [1.807, 2.05) is 37.3 Å². The number of rotatable bonds is 5. The standard InChI is InChI=1S/C16H15N5O3/c1-10(11-5-3-2-4-6-11)19-15(22)13-14(18-9-17-13)16(23)20-12-7-8-24-21-12/h2-10H,1H3,(H,17,18)(H,19,22)(H,20,21,23)/t10-/m1/s1. The van der Waals surface area contributed by atoms with Crippen molar-refractivity contribution in [3.05, 3.63) is 65.9 Å². The Morgan fingerprint density at radius 2 is 1.96 bits per heavy atom. The van der Waals surface area contributed by atoms with Crippen molar-refractivity contribution in [2.75, 3.05) is 5.32 Å². The molecule has 8 nitrogen and oxygen atoms in total. The summed E-state index contributed by atoms with van der Waals surface area (Å²) in [6.45, 7) is 1.86. The molecule has 8 heteroatoms. The summed E-state index contributed by atoms with van der Waals surface area (Å²) < 4.78 is 4.64. The Labute approximate surface area is 137 Å². The third-order valence-electron chi connectivity index (χ3n) is 3.41. The van der Waals surface area contributed by atoms with Gasteiger partial charge in [-0.05, 0) is 12.5 Å². The van der Waals surface area contributed by atoms with Gasteiger partial charge in [-0.2, -0.15) is 0 Å². The van der Waals surface area contributed by atoms with E-state index in [0.717, 1.165) is 5.56 Å². The van der Waals surface area contributed by atoms with Crippen molar-refractivity contribution in [1.29, 1.82) is 0 Å². The lowest BCUT2D eigenvalue weighted by molar-refractivity contribution is 0.0923. The summed E-state index contributed by atoms with van der Waals surface area (Å²) in [6.07, 6.45) is 2.62. The van der Waals surface area contributed by atoms with Crippen LogP contribution >= 0.6 is 0 Å². The number of amides is 2. The van der Waals surface area contributed by atoms with E-state index >= 15 is 0 Å². The predicted molar refractivity (Wildman–Crippen MR) is 85.4 cm³/mol. The van der Waals surface area contributed by atoms with E-state index in [1.165, 1.54) is 18.7 Å². The first-order valence-electron chi connectivity index (χ1n) is 7.26. The Morgan fingerprint density at radius 3 is 2.67 bits per heavy atom. The molecule has 24 heavy (non-hydrogen) atoms. The van der Waals surface area contributed by atoms with Crippen LogP contribution in [0.15, 0.2) is 53.5 Å². The average molecular weight is 325 g/mol. The second-order valence-corrected chi connectivity index (χ2v) is 5.07. The van der Waals surface area contributed by atoms with Gasteiger partial charge in [0.1, 0.15) is 12.0 Å². The predicted octanol–water partition coefficient (Wildman–Crippen LogP) is 2.14. The van der Waals surface area contributed by atoms with Crippen LogP contribution in [0, 0.1) is 0 Å². The van der Waals surface area contributed by atoms with Crippen LogP contribution in [0.5, 0.6) is 0 Å². The molecule has 0 aliphatic rings. The lowest BCUT2D eigenvalue weighted by atomic mass is 10.1. The number of carbonyl (C=O) groups is 2. The fourth-order valence-electron chi connectivity index (χ4n) is 2.19. The fraction of sp³-hybridized carbons (Fsp3) is 0.125. The molecular formula is C16H15N5O3. The Bertz CT molecular complexity index is 827. The summed E-state index contributed by atoms with van der Waals surface area (Å²) >= 11 is 0. The largest absolute Gasteiger partial charge is 0.363 e. The van der Waals surface area contributed by atoms with Gasteiger partial charge in [-0.15, -0.1) is 0 Å². The molecule has 3 rings (SSSR count). The van der Waals surface area contributed by atoms with Crippen LogP contribution < -0.4 is 10.6 Å². The van der Waals surface area contributed by atoms with E-state index in [2.05, 4.69) is 30.3 Å². The lowest BCUT2D eigenvalue weighted by Gasteiger charge is -2.14. The number of H-pyrrole nitrogens is 1. The number of aromatic nitrogens is 3. The van der Waals surface area contributed by atoms with Crippen molar-refractivity contribution in [2.45, 2.75) is 13.0 Å². The van der Waals surface area contributed by atoms with Gasteiger partial charge in [-0.3, -0.25) is 9.59 Å². The summed E-state index contributed by atoms with van der Waals surface area (Å²) in [7, 11) is 0. The molecule has 3 N–H and O–H groups in total. The highest BCUT2D eigenvalue weighted by Gasteiger charge is 2.22. The maximum Gasteiger partial charge on any atom is 0.277 e. The van der Waals surface area contributed by atoms with Crippen LogP contribution in [-0.4, -0.2) is 26.9 Å². The summed E-state index contributed by atoms with van der Waals surface area (Å²) in [5.74, 6) is -0.733. The van der Waals surface area contributed by atoms with Gasteiger partial charge in [0.05, 0.1) is 12.4 Å². The molecular weight excluding hydrogens is 310 g/mol. The molecule has 0 saturated heterocycles. The first kappa shape index (κ1) is 15.5. The summed E-state index contributed by atoms with van der Waals surface area (Å²) in [5.41, 5.74) is 1.02. The van der Waals surface area contributed by atoms with Crippen molar-refractivity contribution in [2.24, 2.45) is 0 Å². The summed E-state index contributed by atoms with van der Waals surface area (Å²) in [4.78, 5) is 31.2. The number of hydrogen-bond acceptors (Lipinski definition) is 5. The Balaban J connectivity index is 1.72. The quantitative estimate of drug-likeness (QED) is 0.665. The first-order valence-corrected chi connectivity index (χ1v) is 7.26. The molecule has 1 aromatic carbocycles. The molecule has 0 bridgehead atoms. The number of benzene rings is 1. The molecule has 0 aliphatic carbocycles. The maximum absolute atomic E-state index is 12.4. The number of anilines is 1. The number of nitrogens with one attached hydrogen (secondary N) is 3. The van der Waals surface area contributed by atoms with Crippen LogP contribution in [-0.2, 0) is 0 Å². The maximum atomic E-state index is 12.4. The van der Waals surface area contributed by atoms with Crippen LogP contribution in [0.25, 0.3) is 0 Å². The van der Waals surface area contributed by atoms with Gasteiger partial charge in [0.15, 0.2) is 11.5 Å².